The lowest BCUT2D eigenvalue weighted by Gasteiger charge is -2.28. The average Bonchev–Trinajstić information content (AvgIpc) is 2.76. The number of benzene rings is 1. The molecule has 15 heavy (non-hydrogen) atoms. The minimum Gasteiger partial charge on any atom is -0.497 e. The van der Waals surface area contributed by atoms with E-state index >= 15 is 0 Å². The zero-order valence-corrected chi connectivity index (χ0v) is 8.82. The van der Waals surface area contributed by atoms with Gasteiger partial charge in [0.25, 0.3) is 0 Å². The summed E-state index contributed by atoms with van der Waals surface area (Å²) in [7, 11) is 1.70. The smallest absolute Gasteiger partial charge is 0.119 e. The summed E-state index contributed by atoms with van der Waals surface area (Å²) in [5.41, 5.74) is 2.63. The van der Waals surface area contributed by atoms with Crippen molar-refractivity contribution in [1.29, 1.82) is 0 Å². The summed E-state index contributed by atoms with van der Waals surface area (Å²) in [5.74, 6) is 0.911. The van der Waals surface area contributed by atoms with Crippen LogP contribution in [0.4, 0.5) is 0 Å². The standard InChI is InChI=1S/C12H15NO2/c1-14-9-2-3-10-8(6-9)7-15-11-4-5-13-12(10)11/h2-3,6,11-13H,4-5,7H2,1H3/t11-,12-/m0/s1. The molecule has 0 radical (unpaired) electrons. The van der Waals surface area contributed by atoms with Crippen molar-refractivity contribution in [2.75, 3.05) is 13.7 Å². The van der Waals surface area contributed by atoms with Gasteiger partial charge in [-0.2, -0.15) is 0 Å². The molecule has 2 atom stereocenters. The van der Waals surface area contributed by atoms with Crippen molar-refractivity contribution in [3.05, 3.63) is 29.3 Å². The number of rotatable bonds is 1. The first-order valence-electron chi connectivity index (χ1n) is 5.40. The van der Waals surface area contributed by atoms with E-state index in [9.17, 15) is 0 Å². The summed E-state index contributed by atoms with van der Waals surface area (Å²) >= 11 is 0. The SMILES string of the molecule is COc1ccc2c(c1)CO[C@H]1CCN[C@@H]21. The second kappa shape index (κ2) is 3.51. The molecule has 2 heterocycles. The molecule has 0 unspecified atom stereocenters. The number of hydrogen-bond donors (Lipinski definition) is 1. The zero-order chi connectivity index (χ0) is 10.3. The minimum absolute atomic E-state index is 0.367. The molecule has 80 valence electrons. The maximum absolute atomic E-state index is 5.81. The third-order valence-electron chi connectivity index (χ3n) is 3.30. The molecule has 2 aliphatic rings. The summed E-state index contributed by atoms with van der Waals surface area (Å²) in [6, 6.07) is 6.65. The van der Waals surface area contributed by atoms with E-state index in [0.29, 0.717) is 12.1 Å². The molecule has 1 aromatic rings. The number of nitrogens with one attached hydrogen (secondary N) is 1. The summed E-state index contributed by atoms with van der Waals surface area (Å²) in [6.45, 7) is 1.77. The van der Waals surface area contributed by atoms with Gasteiger partial charge in [0.15, 0.2) is 0 Å². The zero-order valence-electron chi connectivity index (χ0n) is 8.82. The molecule has 0 aliphatic carbocycles. The normalized spacial score (nSPS) is 28.3. The molecule has 1 N–H and O–H groups in total. The summed E-state index contributed by atoms with van der Waals surface area (Å²) in [5, 5.41) is 3.49. The van der Waals surface area contributed by atoms with Crippen LogP contribution in [-0.4, -0.2) is 19.8 Å². The highest BCUT2D eigenvalue weighted by Gasteiger charge is 2.33. The molecule has 3 nitrogen and oxygen atoms in total. The van der Waals surface area contributed by atoms with E-state index in [0.717, 1.165) is 25.3 Å². The lowest BCUT2D eigenvalue weighted by atomic mass is 9.95. The van der Waals surface area contributed by atoms with E-state index in [1.165, 1.54) is 11.1 Å². The predicted octanol–water partition coefficient (Wildman–Crippen LogP) is 1.63. The first kappa shape index (κ1) is 9.19. The van der Waals surface area contributed by atoms with Crippen LogP contribution in [0, 0.1) is 0 Å². The van der Waals surface area contributed by atoms with Gasteiger partial charge in [0.1, 0.15) is 5.75 Å². The van der Waals surface area contributed by atoms with Crippen molar-refractivity contribution in [2.24, 2.45) is 0 Å². The molecule has 3 rings (SSSR count). The van der Waals surface area contributed by atoms with Gasteiger partial charge in [0.05, 0.1) is 25.9 Å². The molecule has 0 aromatic heterocycles. The Bertz CT molecular complexity index is 378. The van der Waals surface area contributed by atoms with Crippen molar-refractivity contribution < 1.29 is 9.47 Å². The third-order valence-corrected chi connectivity index (χ3v) is 3.30. The van der Waals surface area contributed by atoms with Gasteiger partial charge < -0.3 is 14.8 Å². The highest BCUT2D eigenvalue weighted by Crippen LogP contribution is 2.35. The Morgan fingerprint density at radius 1 is 1.47 bits per heavy atom. The van der Waals surface area contributed by atoms with E-state index in [1.807, 2.05) is 6.07 Å². The van der Waals surface area contributed by atoms with E-state index < -0.39 is 0 Å². The molecule has 1 aromatic carbocycles. The van der Waals surface area contributed by atoms with Crippen molar-refractivity contribution in [1.82, 2.24) is 5.32 Å². The van der Waals surface area contributed by atoms with Crippen LogP contribution in [0.25, 0.3) is 0 Å². The molecule has 0 spiro atoms. The predicted molar refractivity (Wildman–Crippen MR) is 56.9 cm³/mol. The van der Waals surface area contributed by atoms with E-state index in [-0.39, 0.29) is 0 Å². The molecular weight excluding hydrogens is 190 g/mol. The fourth-order valence-electron chi connectivity index (χ4n) is 2.50. The monoisotopic (exact) mass is 205 g/mol. The van der Waals surface area contributed by atoms with Gasteiger partial charge in [-0.25, -0.2) is 0 Å². The van der Waals surface area contributed by atoms with Crippen molar-refractivity contribution in [2.45, 2.75) is 25.2 Å². The molecule has 1 saturated heterocycles. The van der Waals surface area contributed by atoms with Crippen LogP contribution in [0.3, 0.4) is 0 Å². The van der Waals surface area contributed by atoms with Gasteiger partial charge in [-0.05, 0) is 36.2 Å². The van der Waals surface area contributed by atoms with Crippen LogP contribution in [0.5, 0.6) is 5.75 Å². The molecule has 1 fully saturated rings. The third kappa shape index (κ3) is 1.43. The Kier molecular flexibility index (Phi) is 2.15. The topological polar surface area (TPSA) is 30.5 Å². The maximum Gasteiger partial charge on any atom is 0.119 e. The average molecular weight is 205 g/mol. The lowest BCUT2D eigenvalue weighted by molar-refractivity contribution is 0.0184. The Hall–Kier alpha value is -1.06. The van der Waals surface area contributed by atoms with Gasteiger partial charge >= 0.3 is 0 Å². The van der Waals surface area contributed by atoms with Crippen molar-refractivity contribution >= 4 is 0 Å². The van der Waals surface area contributed by atoms with Crippen LogP contribution in [0.15, 0.2) is 18.2 Å². The van der Waals surface area contributed by atoms with E-state index in [2.05, 4.69) is 17.4 Å². The van der Waals surface area contributed by atoms with Crippen LogP contribution >= 0.6 is 0 Å². The summed E-state index contributed by atoms with van der Waals surface area (Å²) < 4.78 is 11.0. The summed E-state index contributed by atoms with van der Waals surface area (Å²) in [4.78, 5) is 0. The fraction of sp³-hybridized carbons (Fsp3) is 0.500. The molecular formula is C12H15NO2. The number of ether oxygens (including phenoxy) is 2. The number of methoxy groups -OCH3 is 1. The van der Waals surface area contributed by atoms with Gasteiger partial charge in [-0.15, -0.1) is 0 Å². The molecule has 0 amide bonds. The van der Waals surface area contributed by atoms with Gasteiger partial charge in [0.2, 0.25) is 0 Å². The van der Waals surface area contributed by atoms with Crippen LogP contribution in [0.1, 0.15) is 23.6 Å². The van der Waals surface area contributed by atoms with Gasteiger partial charge in [-0.3, -0.25) is 0 Å². The van der Waals surface area contributed by atoms with Crippen molar-refractivity contribution in [3.8, 4) is 5.75 Å². The minimum atomic E-state index is 0.367. The highest BCUT2D eigenvalue weighted by molar-refractivity contribution is 5.39. The highest BCUT2D eigenvalue weighted by atomic mass is 16.5. The molecule has 3 heteroatoms. The molecule has 0 bridgehead atoms. The number of hydrogen-bond acceptors (Lipinski definition) is 3. The maximum atomic E-state index is 5.81. The van der Waals surface area contributed by atoms with Gasteiger partial charge in [0, 0.05) is 0 Å². The fourth-order valence-corrected chi connectivity index (χ4v) is 2.50. The van der Waals surface area contributed by atoms with Crippen molar-refractivity contribution in [3.63, 3.8) is 0 Å². The van der Waals surface area contributed by atoms with E-state index in [1.54, 1.807) is 7.11 Å². The molecule has 2 aliphatic heterocycles. The first-order chi connectivity index (χ1) is 7.38. The largest absolute Gasteiger partial charge is 0.497 e. The lowest BCUT2D eigenvalue weighted by Crippen LogP contribution is -2.28. The van der Waals surface area contributed by atoms with Gasteiger partial charge in [-0.1, -0.05) is 6.07 Å². The van der Waals surface area contributed by atoms with Crippen LogP contribution in [-0.2, 0) is 11.3 Å². The quantitative estimate of drug-likeness (QED) is 0.756. The second-order valence-corrected chi connectivity index (χ2v) is 4.13. The van der Waals surface area contributed by atoms with Crippen LogP contribution in [0.2, 0.25) is 0 Å². The Morgan fingerprint density at radius 2 is 2.40 bits per heavy atom. The van der Waals surface area contributed by atoms with Crippen LogP contribution < -0.4 is 10.1 Å². The Labute approximate surface area is 89.4 Å². The first-order valence-corrected chi connectivity index (χ1v) is 5.40. The van der Waals surface area contributed by atoms with E-state index in [4.69, 9.17) is 9.47 Å². The summed E-state index contributed by atoms with van der Waals surface area (Å²) in [6.07, 6.45) is 1.49. The Balaban J connectivity index is 2.00. The second-order valence-electron chi connectivity index (χ2n) is 4.13. The Morgan fingerprint density at radius 3 is 3.27 bits per heavy atom. The molecule has 0 saturated carbocycles. The number of fused-ring (bicyclic) bond motifs is 3.